The maximum atomic E-state index is 8.66. The van der Waals surface area contributed by atoms with E-state index in [1.54, 1.807) is 6.20 Å². The highest BCUT2D eigenvalue weighted by atomic mass is 16.5. The lowest BCUT2D eigenvalue weighted by Crippen LogP contribution is -2.46. The van der Waals surface area contributed by atoms with E-state index in [2.05, 4.69) is 20.2 Å². The smallest absolute Gasteiger partial charge is 0.158 e. The second-order valence-electron chi connectivity index (χ2n) is 3.87. The first-order valence-electron chi connectivity index (χ1n) is 5.57. The van der Waals surface area contributed by atoms with Crippen molar-refractivity contribution in [1.29, 1.82) is 5.26 Å². The number of morpholine rings is 1. The zero-order chi connectivity index (χ0) is 12.1. The molecule has 1 fully saturated rings. The molecule has 1 atom stereocenters. The van der Waals surface area contributed by atoms with Crippen LogP contribution in [0.5, 0.6) is 0 Å². The van der Waals surface area contributed by atoms with Crippen molar-refractivity contribution in [3.63, 3.8) is 0 Å². The van der Waals surface area contributed by atoms with Crippen LogP contribution in [0.3, 0.4) is 0 Å². The van der Waals surface area contributed by atoms with Gasteiger partial charge in [0.25, 0.3) is 0 Å². The molecule has 90 valence electrons. The number of aromatic nitrogens is 2. The van der Waals surface area contributed by atoms with Gasteiger partial charge in [0.05, 0.1) is 25.1 Å². The Labute approximate surface area is 100 Å². The fraction of sp³-hybridized carbons (Fsp3) is 0.545. The minimum Gasteiger partial charge on any atom is -0.373 e. The zero-order valence-electron chi connectivity index (χ0n) is 9.76. The van der Waals surface area contributed by atoms with Crippen molar-refractivity contribution >= 4 is 5.82 Å². The van der Waals surface area contributed by atoms with E-state index in [1.807, 2.05) is 13.1 Å². The molecule has 0 spiro atoms. The van der Waals surface area contributed by atoms with Crippen LogP contribution in [0.1, 0.15) is 5.69 Å². The summed E-state index contributed by atoms with van der Waals surface area (Å²) in [6.07, 6.45) is 3.31. The van der Waals surface area contributed by atoms with Gasteiger partial charge in [0.1, 0.15) is 11.9 Å². The maximum Gasteiger partial charge on any atom is 0.158 e. The van der Waals surface area contributed by atoms with Crippen molar-refractivity contribution in [2.24, 2.45) is 0 Å². The number of nitrogens with one attached hydrogen (secondary N) is 1. The van der Waals surface area contributed by atoms with Crippen LogP contribution in [0, 0.1) is 11.3 Å². The number of anilines is 1. The van der Waals surface area contributed by atoms with Crippen LogP contribution in [-0.4, -0.2) is 49.4 Å². The third kappa shape index (κ3) is 2.90. The molecular formula is C11H15N5O. The highest BCUT2D eigenvalue weighted by molar-refractivity contribution is 5.37. The normalized spacial score (nSPS) is 20.0. The van der Waals surface area contributed by atoms with Gasteiger partial charge in [0.2, 0.25) is 0 Å². The highest BCUT2D eigenvalue weighted by Gasteiger charge is 2.20. The molecule has 6 nitrogen and oxygen atoms in total. The van der Waals surface area contributed by atoms with Crippen molar-refractivity contribution in [2.45, 2.75) is 6.10 Å². The minimum absolute atomic E-state index is 0.172. The lowest BCUT2D eigenvalue weighted by atomic mass is 10.2. The molecule has 17 heavy (non-hydrogen) atoms. The number of rotatable bonds is 3. The Kier molecular flexibility index (Phi) is 3.85. The van der Waals surface area contributed by atoms with Gasteiger partial charge in [-0.2, -0.15) is 5.26 Å². The van der Waals surface area contributed by atoms with Crippen LogP contribution in [-0.2, 0) is 4.74 Å². The Hall–Kier alpha value is -1.71. The van der Waals surface area contributed by atoms with Gasteiger partial charge in [-0.3, -0.25) is 0 Å². The first-order valence-corrected chi connectivity index (χ1v) is 5.57. The van der Waals surface area contributed by atoms with E-state index in [0.29, 0.717) is 12.3 Å². The van der Waals surface area contributed by atoms with Gasteiger partial charge in [-0.15, -0.1) is 0 Å². The van der Waals surface area contributed by atoms with Gasteiger partial charge in [0.15, 0.2) is 5.69 Å². The Bertz CT molecular complexity index is 397. The largest absolute Gasteiger partial charge is 0.373 e. The van der Waals surface area contributed by atoms with Gasteiger partial charge in [0, 0.05) is 19.6 Å². The van der Waals surface area contributed by atoms with Crippen LogP contribution >= 0.6 is 0 Å². The first-order chi connectivity index (χ1) is 8.33. The summed E-state index contributed by atoms with van der Waals surface area (Å²) in [6.45, 7) is 3.11. The van der Waals surface area contributed by atoms with E-state index >= 15 is 0 Å². The quantitative estimate of drug-likeness (QED) is 0.777. The van der Waals surface area contributed by atoms with Crippen molar-refractivity contribution in [1.82, 2.24) is 15.3 Å². The van der Waals surface area contributed by atoms with Crippen molar-refractivity contribution in [3.8, 4) is 6.07 Å². The van der Waals surface area contributed by atoms with Gasteiger partial charge in [-0.25, -0.2) is 9.97 Å². The van der Waals surface area contributed by atoms with Crippen LogP contribution < -0.4 is 10.2 Å². The summed E-state index contributed by atoms with van der Waals surface area (Å²) in [4.78, 5) is 10.4. The summed E-state index contributed by atoms with van der Waals surface area (Å²) in [5.74, 6) is 0.799. The highest BCUT2D eigenvalue weighted by Crippen LogP contribution is 2.13. The average Bonchev–Trinajstić information content (AvgIpc) is 2.40. The summed E-state index contributed by atoms with van der Waals surface area (Å²) < 4.78 is 5.61. The summed E-state index contributed by atoms with van der Waals surface area (Å²) in [6, 6.07) is 1.96. The van der Waals surface area contributed by atoms with Gasteiger partial charge in [-0.05, 0) is 7.05 Å². The SMILES string of the molecule is CNCC1CN(c2cnc(C#N)cn2)CCO1. The molecule has 1 aliphatic rings. The molecule has 1 aromatic heterocycles. The summed E-state index contributed by atoms with van der Waals surface area (Å²) >= 11 is 0. The molecule has 1 aliphatic heterocycles. The molecule has 1 aromatic rings. The lowest BCUT2D eigenvalue weighted by molar-refractivity contribution is 0.0419. The number of nitrogens with zero attached hydrogens (tertiary/aromatic N) is 4. The maximum absolute atomic E-state index is 8.66. The molecule has 0 bridgehead atoms. The fourth-order valence-corrected chi connectivity index (χ4v) is 1.82. The van der Waals surface area contributed by atoms with Crippen LogP contribution in [0.4, 0.5) is 5.82 Å². The number of likely N-dealkylation sites (N-methyl/N-ethyl adjacent to an activating group) is 1. The van der Waals surface area contributed by atoms with E-state index in [0.717, 1.165) is 25.5 Å². The monoisotopic (exact) mass is 233 g/mol. The predicted octanol–water partition coefficient (Wildman–Crippen LogP) is -0.227. The van der Waals surface area contributed by atoms with E-state index in [9.17, 15) is 0 Å². The van der Waals surface area contributed by atoms with Gasteiger partial charge >= 0.3 is 0 Å². The molecule has 6 heteroatoms. The molecule has 0 saturated carbocycles. The van der Waals surface area contributed by atoms with Crippen LogP contribution in [0.2, 0.25) is 0 Å². The Morgan fingerprint density at radius 3 is 3.12 bits per heavy atom. The third-order valence-corrected chi connectivity index (χ3v) is 2.65. The molecule has 1 saturated heterocycles. The number of ether oxygens (including phenoxy) is 1. The molecule has 0 radical (unpaired) electrons. The number of hydrogen-bond donors (Lipinski definition) is 1. The second-order valence-corrected chi connectivity index (χ2v) is 3.87. The molecule has 1 unspecified atom stereocenters. The van der Waals surface area contributed by atoms with Crippen molar-refractivity contribution < 1.29 is 4.74 Å². The molecule has 0 aromatic carbocycles. The molecule has 0 amide bonds. The zero-order valence-corrected chi connectivity index (χ0v) is 9.76. The van der Waals surface area contributed by atoms with E-state index in [4.69, 9.17) is 10.00 Å². The Balaban J connectivity index is 2.03. The topological polar surface area (TPSA) is 74.1 Å². The van der Waals surface area contributed by atoms with E-state index < -0.39 is 0 Å². The number of hydrogen-bond acceptors (Lipinski definition) is 6. The van der Waals surface area contributed by atoms with Crippen molar-refractivity contribution in [2.75, 3.05) is 38.2 Å². The third-order valence-electron chi connectivity index (χ3n) is 2.65. The molecule has 0 aliphatic carbocycles. The molecule has 1 N–H and O–H groups in total. The van der Waals surface area contributed by atoms with Crippen molar-refractivity contribution in [3.05, 3.63) is 18.1 Å². The Morgan fingerprint density at radius 1 is 1.59 bits per heavy atom. The fourth-order valence-electron chi connectivity index (χ4n) is 1.82. The first kappa shape index (κ1) is 11.8. The van der Waals surface area contributed by atoms with E-state index in [1.165, 1.54) is 6.20 Å². The molecule has 2 rings (SSSR count). The minimum atomic E-state index is 0.172. The van der Waals surface area contributed by atoms with Gasteiger partial charge in [-0.1, -0.05) is 0 Å². The standard InChI is InChI=1S/C11H15N5O/c1-13-6-10-8-16(2-3-17-10)11-7-14-9(4-12)5-15-11/h5,7,10,13H,2-3,6,8H2,1H3. The molecular weight excluding hydrogens is 218 g/mol. The van der Waals surface area contributed by atoms with Gasteiger partial charge < -0.3 is 15.0 Å². The van der Waals surface area contributed by atoms with Crippen LogP contribution in [0.15, 0.2) is 12.4 Å². The Morgan fingerprint density at radius 2 is 2.47 bits per heavy atom. The molecule has 2 heterocycles. The average molecular weight is 233 g/mol. The second kappa shape index (κ2) is 5.57. The number of nitriles is 1. The lowest BCUT2D eigenvalue weighted by Gasteiger charge is -2.33. The summed E-state index contributed by atoms with van der Waals surface area (Å²) in [5, 5.41) is 11.8. The predicted molar refractivity (Wildman–Crippen MR) is 62.6 cm³/mol. The van der Waals surface area contributed by atoms with Crippen LogP contribution in [0.25, 0.3) is 0 Å². The van der Waals surface area contributed by atoms with E-state index in [-0.39, 0.29) is 6.10 Å². The summed E-state index contributed by atoms with van der Waals surface area (Å²) in [5.41, 5.74) is 0.341. The summed E-state index contributed by atoms with van der Waals surface area (Å²) in [7, 11) is 1.91.